The van der Waals surface area contributed by atoms with Crippen LogP contribution in [0.3, 0.4) is 0 Å². The molecule has 0 amide bonds. The van der Waals surface area contributed by atoms with E-state index >= 15 is 0 Å². The van der Waals surface area contributed by atoms with Gasteiger partial charge in [-0.1, -0.05) is 26.2 Å². The van der Waals surface area contributed by atoms with Gasteiger partial charge in [-0.25, -0.2) is 0 Å². The number of hydrogen-bond acceptors (Lipinski definition) is 0. The number of unbranched alkanes of at least 4 members (excludes halogenated alkanes) is 11. The summed E-state index contributed by atoms with van der Waals surface area (Å²) in [5, 5.41) is 0. The van der Waals surface area contributed by atoms with Crippen LogP contribution in [0, 0.1) is 0 Å². The van der Waals surface area contributed by atoms with Crippen molar-refractivity contribution in [1.29, 1.82) is 0 Å². The Kier molecular flexibility index (Phi) is 12.1. The number of benzene rings is 1. The van der Waals surface area contributed by atoms with Crippen LogP contribution in [-0.4, -0.2) is 17.7 Å². The second-order valence-electron chi connectivity index (χ2n) is 6.57. The molecule has 114 valence electrons. The van der Waals surface area contributed by atoms with Crippen molar-refractivity contribution in [3.05, 3.63) is 29.8 Å². The van der Waals surface area contributed by atoms with Gasteiger partial charge in [-0.3, -0.25) is 0 Å². The van der Waals surface area contributed by atoms with Crippen molar-refractivity contribution in [2.45, 2.75) is 90.4 Å². The molecule has 0 nitrogen and oxygen atoms in total. The molecule has 0 unspecified atom stereocenters. The molecule has 21 heavy (non-hydrogen) atoms. The van der Waals surface area contributed by atoms with E-state index in [0.717, 1.165) is 0 Å². The summed E-state index contributed by atoms with van der Waals surface area (Å²) in [6, 6.07) is 8.83. The van der Waals surface area contributed by atoms with Crippen LogP contribution < -0.4 is 4.24 Å². The summed E-state index contributed by atoms with van der Waals surface area (Å²) in [6.45, 7) is 2.29. The quantitative estimate of drug-likeness (QED) is 0.320. The fourth-order valence-corrected chi connectivity index (χ4v) is 3.05. The molecule has 0 aliphatic rings. The van der Waals surface area contributed by atoms with E-state index in [9.17, 15) is 0 Å². The van der Waals surface area contributed by atoms with Crippen molar-refractivity contribution in [2.75, 3.05) is 0 Å². The zero-order chi connectivity index (χ0) is 15.2. The molecule has 0 heterocycles. The van der Waals surface area contributed by atoms with Crippen molar-refractivity contribution in [3.8, 4) is 0 Å². The number of aryl methyl sites for hydroxylation is 1. The zero-order valence-electron chi connectivity index (χ0n) is 14.5. The van der Waals surface area contributed by atoms with Crippen LogP contribution in [0.15, 0.2) is 24.3 Å². The van der Waals surface area contributed by atoms with Crippen molar-refractivity contribution in [1.82, 2.24) is 0 Å². The van der Waals surface area contributed by atoms with Crippen LogP contribution in [-0.2, 0) is 6.42 Å². The van der Waals surface area contributed by atoms with Crippen LogP contribution in [0.1, 0.15) is 89.5 Å². The first-order chi connectivity index (χ1) is 10.3. The van der Waals surface area contributed by atoms with E-state index in [0.29, 0.717) is 0 Å². The van der Waals surface area contributed by atoms with Crippen LogP contribution in [0.5, 0.6) is 0 Å². The first kappa shape index (κ1) is 18.9. The predicted molar refractivity (Wildman–Crippen MR) is 96.6 cm³/mol. The van der Waals surface area contributed by atoms with Gasteiger partial charge in [0.25, 0.3) is 0 Å². The summed E-state index contributed by atoms with van der Waals surface area (Å²) in [5.74, 6) is 0. The Morgan fingerprint density at radius 1 is 0.667 bits per heavy atom. The zero-order valence-corrected chi connectivity index (χ0v) is 14.5. The molecule has 1 aromatic carbocycles. The molecule has 1 rings (SSSR count). The first-order valence-corrected chi connectivity index (χ1v) is 9.39. The summed E-state index contributed by atoms with van der Waals surface area (Å²) in [4.78, 5) is 0. The molecule has 0 N–H and O–H groups in total. The summed E-state index contributed by atoms with van der Waals surface area (Å²) in [5.41, 5.74) is 1.55. The minimum Gasteiger partial charge on any atom is -0.0654 e. The molecular formula is C20H33Li. The molecule has 0 saturated carbocycles. The first-order valence-electron chi connectivity index (χ1n) is 9.39. The molecule has 0 atom stereocenters. The molecule has 0 aliphatic heterocycles. The molecule has 1 aromatic rings. The van der Waals surface area contributed by atoms with Gasteiger partial charge in [0.15, 0.2) is 0 Å². The van der Waals surface area contributed by atoms with Crippen LogP contribution in [0.2, 0.25) is 0 Å². The van der Waals surface area contributed by atoms with Gasteiger partial charge in [0.05, 0.1) is 0 Å². The van der Waals surface area contributed by atoms with Gasteiger partial charge in [-0.05, 0) is 0 Å². The molecule has 0 aliphatic carbocycles. The molecule has 0 bridgehead atoms. The van der Waals surface area contributed by atoms with Gasteiger partial charge < -0.3 is 0 Å². The average Bonchev–Trinajstić information content (AvgIpc) is 2.50. The van der Waals surface area contributed by atoms with E-state index in [2.05, 4.69) is 48.9 Å². The molecule has 0 radical (unpaired) electrons. The van der Waals surface area contributed by atoms with E-state index in [1.54, 1.807) is 5.56 Å². The van der Waals surface area contributed by atoms with E-state index < -0.39 is 0 Å². The Balaban J connectivity index is 1.84. The molecule has 0 spiro atoms. The minimum absolute atomic E-state index is 1.27. The van der Waals surface area contributed by atoms with Gasteiger partial charge >= 0.3 is 116 Å². The molecule has 0 aromatic heterocycles. The summed E-state index contributed by atoms with van der Waals surface area (Å²) in [6.07, 6.45) is 18.5. The third kappa shape index (κ3) is 10.2. The van der Waals surface area contributed by atoms with Gasteiger partial charge in [-0.15, -0.1) is 0 Å². The molecule has 0 saturated heterocycles. The normalized spacial score (nSPS) is 11.0. The third-order valence-corrected chi connectivity index (χ3v) is 4.56. The van der Waals surface area contributed by atoms with E-state index in [1.807, 2.05) is 0 Å². The number of rotatable bonds is 13. The summed E-state index contributed by atoms with van der Waals surface area (Å²) >= 11 is 2.23. The van der Waals surface area contributed by atoms with Crippen molar-refractivity contribution >= 4 is 22.0 Å². The SMILES string of the molecule is [Li][c]1ccccc1CCCCCCCCCCCCCC. The Labute approximate surface area is 142 Å². The number of hydrogen-bond donors (Lipinski definition) is 0. The summed E-state index contributed by atoms with van der Waals surface area (Å²) < 4.78 is 1.46. The topological polar surface area (TPSA) is 0 Å². The van der Waals surface area contributed by atoms with Gasteiger partial charge in [-0.2, -0.15) is 0 Å². The predicted octanol–water partition coefficient (Wildman–Crippen LogP) is 5.72. The van der Waals surface area contributed by atoms with Crippen molar-refractivity contribution in [3.63, 3.8) is 0 Å². The monoisotopic (exact) mass is 280 g/mol. The second kappa shape index (κ2) is 13.5. The van der Waals surface area contributed by atoms with Crippen molar-refractivity contribution in [2.24, 2.45) is 0 Å². The van der Waals surface area contributed by atoms with Crippen LogP contribution >= 0.6 is 0 Å². The van der Waals surface area contributed by atoms with E-state index in [4.69, 9.17) is 0 Å². The second-order valence-corrected chi connectivity index (χ2v) is 6.57. The minimum atomic E-state index is 1.27. The Hall–Kier alpha value is -0.183. The molecule has 0 fully saturated rings. The van der Waals surface area contributed by atoms with E-state index in [1.165, 1.54) is 87.7 Å². The third-order valence-electron chi connectivity index (χ3n) is 4.56. The van der Waals surface area contributed by atoms with Crippen LogP contribution in [0.4, 0.5) is 0 Å². The van der Waals surface area contributed by atoms with Crippen LogP contribution in [0.25, 0.3) is 0 Å². The Morgan fingerprint density at radius 2 is 1.14 bits per heavy atom. The molecular weight excluding hydrogens is 247 g/mol. The van der Waals surface area contributed by atoms with E-state index in [-0.39, 0.29) is 0 Å². The van der Waals surface area contributed by atoms with Crippen molar-refractivity contribution < 1.29 is 0 Å². The van der Waals surface area contributed by atoms with Gasteiger partial charge in [0.2, 0.25) is 0 Å². The Bertz CT molecular complexity index is 345. The maximum absolute atomic E-state index is 2.29. The van der Waals surface area contributed by atoms with Gasteiger partial charge in [0.1, 0.15) is 0 Å². The standard InChI is InChI=1S/C20H33.Li/c1-2-3-4-5-6-7-8-9-10-11-12-14-17-20-18-15-13-16-19-20;/h13,15-16,18H,2-12,14,17H2,1H3;. The fourth-order valence-electron chi connectivity index (χ4n) is 3.05. The summed E-state index contributed by atoms with van der Waals surface area (Å²) in [7, 11) is 0. The molecule has 1 heteroatoms. The Morgan fingerprint density at radius 3 is 1.67 bits per heavy atom. The van der Waals surface area contributed by atoms with Gasteiger partial charge in [0, 0.05) is 0 Å². The maximum atomic E-state index is 2.29. The fraction of sp³-hybridized carbons (Fsp3) is 0.700. The smallest absolute Gasteiger partial charge is 0.0654 e. The average molecular weight is 280 g/mol.